The predicted octanol–water partition coefficient (Wildman–Crippen LogP) is 3.69. The van der Waals surface area contributed by atoms with Gasteiger partial charge >= 0.3 is 5.97 Å². The van der Waals surface area contributed by atoms with Crippen molar-refractivity contribution in [3.63, 3.8) is 0 Å². The van der Waals surface area contributed by atoms with Crippen LogP contribution in [0.2, 0.25) is 10.0 Å². The van der Waals surface area contributed by atoms with Gasteiger partial charge in [0.25, 0.3) is 0 Å². The SMILES string of the molecule is C[C@H]1C[C@H]1C(=O)OCc1ccc(Cl)cc1Cl. The maximum atomic E-state index is 11.5. The van der Waals surface area contributed by atoms with E-state index in [0.717, 1.165) is 12.0 Å². The Balaban J connectivity index is 1.92. The predicted molar refractivity (Wildman–Crippen MR) is 63.5 cm³/mol. The number of hydrogen-bond acceptors (Lipinski definition) is 2. The summed E-state index contributed by atoms with van der Waals surface area (Å²) < 4.78 is 5.18. The van der Waals surface area contributed by atoms with Gasteiger partial charge in [-0.05, 0) is 24.5 Å². The zero-order valence-corrected chi connectivity index (χ0v) is 10.4. The van der Waals surface area contributed by atoms with E-state index in [-0.39, 0.29) is 18.5 Å². The summed E-state index contributed by atoms with van der Waals surface area (Å²) in [5.41, 5.74) is 0.785. The summed E-state index contributed by atoms with van der Waals surface area (Å²) in [5.74, 6) is 0.429. The Morgan fingerprint density at radius 3 is 2.75 bits per heavy atom. The second-order valence-electron chi connectivity index (χ2n) is 4.16. The van der Waals surface area contributed by atoms with Crippen LogP contribution >= 0.6 is 23.2 Å². The number of carbonyl (C=O) groups is 1. The molecule has 2 atom stereocenters. The van der Waals surface area contributed by atoms with Crippen LogP contribution in [0.25, 0.3) is 0 Å². The lowest BCUT2D eigenvalue weighted by Gasteiger charge is -2.06. The van der Waals surface area contributed by atoms with E-state index in [9.17, 15) is 4.79 Å². The number of esters is 1. The summed E-state index contributed by atoms with van der Waals surface area (Å²) in [6, 6.07) is 5.15. The zero-order valence-electron chi connectivity index (χ0n) is 8.87. The van der Waals surface area contributed by atoms with Crippen molar-refractivity contribution in [2.75, 3.05) is 0 Å². The number of rotatable bonds is 3. The fourth-order valence-corrected chi connectivity index (χ4v) is 2.01. The lowest BCUT2D eigenvalue weighted by atomic mass is 10.2. The fraction of sp³-hybridized carbons (Fsp3) is 0.417. The molecule has 0 radical (unpaired) electrons. The van der Waals surface area contributed by atoms with E-state index >= 15 is 0 Å². The molecule has 0 unspecified atom stereocenters. The van der Waals surface area contributed by atoms with Crippen LogP contribution in [-0.2, 0) is 16.1 Å². The summed E-state index contributed by atoms with van der Waals surface area (Å²) in [5, 5.41) is 1.11. The van der Waals surface area contributed by atoms with Gasteiger partial charge in [0, 0.05) is 15.6 Å². The first-order valence-electron chi connectivity index (χ1n) is 5.18. The molecule has 0 heterocycles. The van der Waals surface area contributed by atoms with Crippen molar-refractivity contribution in [2.24, 2.45) is 11.8 Å². The number of ether oxygens (including phenoxy) is 1. The maximum Gasteiger partial charge on any atom is 0.309 e. The van der Waals surface area contributed by atoms with Crippen molar-refractivity contribution in [1.82, 2.24) is 0 Å². The first-order chi connectivity index (χ1) is 7.58. The Kier molecular flexibility index (Phi) is 3.41. The Bertz CT molecular complexity index is 417. The lowest BCUT2D eigenvalue weighted by Crippen LogP contribution is -2.07. The molecule has 0 amide bonds. The van der Waals surface area contributed by atoms with Crippen molar-refractivity contribution in [1.29, 1.82) is 0 Å². The number of halogens is 2. The van der Waals surface area contributed by atoms with E-state index < -0.39 is 0 Å². The van der Waals surface area contributed by atoms with Gasteiger partial charge in [0.15, 0.2) is 0 Å². The smallest absolute Gasteiger partial charge is 0.309 e. The number of hydrogen-bond donors (Lipinski definition) is 0. The molecule has 0 spiro atoms. The average molecular weight is 259 g/mol. The van der Waals surface area contributed by atoms with Crippen LogP contribution in [0.3, 0.4) is 0 Å². The van der Waals surface area contributed by atoms with Gasteiger partial charge < -0.3 is 4.74 Å². The van der Waals surface area contributed by atoms with Gasteiger partial charge in [0.05, 0.1) is 5.92 Å². The maximum absolute atomic E-state index is 11.5. The highest BCUT2D eigenvalue weighted by Gasteiger charge is 2.40. The molecule has 0 aromatic heterocycles. The van der Waals surface area contributed by atoms with Crippen LogP contribution < -0.4 is 0 Å². The first-order valence-corrected chi connectivity index (χ1v) is 5.94. The third-order valence-electron chi connectivity index (χ3n) is 2.80. The minimum Gasteiger partial charge on any atom is -0.461 e. The largest absolute Gasteiger partial charge is 0.461 e. The highest BCUT2D eigenvalue weighted by molar-refractivity contribution is 6.35. The number of carbonyl (C=O) groups excluding carboxylic acids is 1. The van der Waals surface area contributed by atoms with E-state index in [1.807, 2.05) is 6.92 Å². The standard InChI is InChI=1S/C12H12Cl2O2/c1-7-4-10(7)12(15)16-6-8-2-3-9(13)5-11(8)14/h2-3,5,7,10H,4,6H2,1H3/t7-,10+/m0/s1. The van der Waals surface area contributed by atoms with E-state index in [0.29, 0.717) is 16.0 Å². The molecule has 4 heteroatoms. The van der Waals surface area contributed by atoms with Gasteiger partial charge in [-0.2, -0.15) is 0 Å². The molecule has 0 saturated heterocycles. The third kappa shape index (κ3) is 2.69. The van der Waals surface area contributed by atoms with Crippen molar-refractivity contribution >= 4 is 29.2 Å². The van der Waals surface area contributed by atoms with Gasteiger partial charge in [-0.25, -0.2) is 0 Å². The molecule has 0 bridgehead atoms. The Hall–Kier alpha value is -0.730. The molecule has 1 aromatic carbocycles. The lowest BCUT2D eigenvalue weighted by molar-refractivity contribution is -0.146. The molecule has 0 aliphatic heterocycles. The molecule has 1 saturated carbocycles. The van der Waals surface area contributed by atoms with E-state index in [1.165, 1.54) is 0 Å². The second kappa shape index (κ2) is 4.64. The first kappa shape index (κ1) is 11.7. The highest BCUT2D eigenvalue weighted by Crippen LogP contribution is 2.38. The molecule has 2 nitrogen and oxygen atoms in total. The molecule has 0 N–H and O–H groups in total. The molecule has 1 aliphatic rings. The fourth-order valence-electron chi connectivity index (χ4n) is 1.55. The molecule has 1 fully saturated rings. The summed E-state index contributed by atoms with van der Waals surface area (Å²) in [6.07, 6.45) is 0.938. The molecular formula is C12H12Cl2O2. The summed E-state index contributed by atoms with van der Waals surface area (Å²) >= 11 is 11.7. The van der Waals surface area contributed by atoms with Crippen molar-refractivity contribution in [3.05, 3.63) is 33.8 Å². The average Bonchev–Trinajstić information content (AvgIpc) is 2.94. The van der Waals surface area contributed by atoms with Crippen molar-refractivity contribution in [2.45, 2.75) is 20.0 Å². The second-order valence-corrected chi connectivity index (χ2v) is 5.01. The zero-order chi connectivity index (χ0) is 11.7. The van der Waals surface area contributed by atoms with Gasteiger partial charge in [-0.3, -0.25) is 4.79 Å². The molecule has 16 heavy (non-hydrogen) atoms. The van der Waals surface area contributed by atoms with E-state index in [1.54, 1.807) is 18.2 Å². The van der Waals surface area contributed by atoms with Crippen LogP contribution in [0.5, 0.6) is 0 Å². The van der Waals surface area contributed by atoms with Crippen molar-refractivity contribution in [3.8, 4) is 0 Å². The molecule has 1 aromatic rings. The van der Waals surface area contributed by atoms with Crippen molar-refractivity contribution < 1.29 is 9.53 Å². The highest BCUT2D eigenvalue weighted by atomic mass is 35.5. The minimum atomic E-state index is -0.126. The van der Waals surface area contributed by atoms with Gasteiger partial charge in [-0.1, -0.05) is 36.2 Å². The van der Waals surface area contributed by atoms with Gasteiger partial charge in [0.2, 0.25) is 0 Å². The third-order valence-corrected chi connectivity index (χ3v) is 3.38. The van der Waals surface area contributed by atoms with Crippen LogP contribution in [0.4, 0.5) is 0 Å². The van der Waals surface area contributed by atoms with Gasteiger partial charge in [-0.15, -0.1) is 0 Å². The summed E-state index contributed by atoms with van der Waals surface area (Å²) in [4.78, 5) is 11.5. The normalized spacial score (nSPS) is 22.9. The van der Waals surface area contributed by atoms with Crippen LogP contribution in [0, 0.1) is 11.8 Å². The minimum absolute atomic E-state index is 0.0890. The number of benzene rings is 1. The summed E-state index contributed by atoms with van der Waals surface area (Å²) in [7, 11) is 0. The van der Waals surface area contributed by atoms with Crippen LogP contribution in [0.1, 0.15) is 18.9 Å². The molecular weight excluding hydrogens is 247 g/mol. The van der Waals surface area contributed by atoms with Crippen LogP contribution in [0.15, 0.2) is 18.2 Å². The Labute approximate surface area is 104 Å². The van der Waals surface area contributed by atoms with Crippen LogP contribution in [-0.4, -0.2) is 5.97 Å². The molecule has 2 rings (SSSR count). The Morgan fingerprint density at radius 1 is 1.50 bits per heavy atom. The topological polar surface area (TPSA) is 26.3 Å². The van der Waals surface area contributed by atoms with E-state index in [2.05, 4.69) is 0 Å². The van der Waals surface area contributed by atoms with E-state index in [4.69, 9.17) is 27.9 Å². The molecule has 1 aliphatic carbocycles. The monoisotopic (exact) mass is 258 g/mol. The Morgan fingerprint density at radius 2 is 2.19 bits per heavy atom. The molecule has 86 valence electrons. The summed E-state index contributed by atoms with van der Waals surface area (Å²) in [6.45, 7) is 2.26. The van der Waals surface area contributed by atoms with Gasteiger partial charge in [0.1, 0.15) is 6.61 Å². The quantitative estimate of drug-likeness (QED) is 0.774.